The molecule has 2 aromatic rings. The number of halogens is 2. The summed E-state index contributed by atoms with van der Waals surface area (Å²) in [6, 6.07) is 11.7. The number of hydrogen-bond acceptors (Lipinski definition) is 3. The van der Waals surface area contributed by atoms with E-state index in [1.165, 1.54) is 12.1 Å². The highest BCUT2D eigenvalue weighted by atomic mass is 32.2. The standard InChI is InChI=1S/C16H12F2O4S/c17-12-6-8-13(9-7-12)23(21,22)15(10-14(18)16(19)20)11-4-2-1-3-5-11/h1-10,15H,(H,19,20)/b14-10-. The molecule has 23 heavy (non-hydrogen) atoms. The first-order valence-electron chi connectivity index (χ1n) is 6.47. The van der Waals surface area contributed by atoms with Gasteiger partial charge in [0.15, 0.2) is 9.84 Å². The third-order valence-electron chi connectivity index (χ3n) is 3.11. The van der Waals surface area contributed by atoms with Crippen molar-refractivity contribution in [2.45, 2.75) is 10.1 Å². The highest BCUT2D eigenvalue weighted by Gasteiger charge is 2.29. The normalized spacial score (nSPS) is 13.6. The molecule has 2 aromatic carbocycles. The molecule has 0 saturated heterocycles. The van der Waals surface area contributed by atoms with Crippen molar-refractivity contribution in [1.82, 2.24) is 0 Å². The largest absolute Gasteiger partial charge is 0.476 e. The first kappa shape index (κ1) is 16.8. The van der Waals surface area contributed by atoms with E-state index in [1.807, 2.05) is 0 Å². The van der Waals surface area contributed by atoms with E-state index in [0.29, 0.717) is 6.08 Å². The van der Waals surface area contributed by atoms with Gasteiger partial charge in [-0.05, 0) is 35.9 Å². The highest BCUT2D eigenvalue weighted by Crippen LogP contribution is 2.31. The predicted octanol–water partition coefficient (Wildman–Crippen LogP) is 3.28. The third-order valence-corrected chi connectivity index (χ3v) is 5.11. The first-order valence-corrected chi connectivity index (χ1v) is 8.02. The zero-order chi connectivity index (χ0) is 17.0. The molecule has 0 aliphatic carbocycles. The number of carboxylic acids is 1. The Labute approximate surface area is 131 Å². The molecule has 0 amide bonds. The Morgan fingerprint density at radius 1 is 1.04 bits per heavy atom. The Hall–Kier alpha value is -2.54. The third kappa shape index (κ3) is 3.81. The maximum atomic E-state index is 13.5. The minimum atomic E-state index is -4.15. The molecule has 120 valence electrons. The summed E-state index contributed by atoms with van der Waals surface area (Å²) < 4.78 is 51.8. The first-order chi connectivity index (χ1) is 10.8. The number of rotatable bonds is 5. The van der Waals surface area contributed by atoms with E-state index in [2.05, 4.69) is 0 Å². The van der Waals surface area contributed by atoms with Crippen LogP contribution in [0.1, 0.15) is 10.8 Å². The van der Waals surface area contributed by atoms with E-state index in [-0.39, 0.29) is 10.5 Å². The predicted molar refractivity (Wildman–Crippen MR) is 79.6 cm³/mol. The van der Waals surface area contributed by atoms with Gasteiger partial charge in [-0.2, -0.15) is 4.39 Å². The summed E-state index contributed by atoms with van der Waals surface area (Å²) in [4.78, 5) is 10.5. The maximum Gasteiger partial charge on any atom is 0.364 e. The van der Waals surface area contributed by atoms with Crippen LogP contribution in [0.25, 0.3) is 0 Å². The van der Waals surface area contributed by atoms with Crippen LogP contribution in [0.2, 0.25) is 0 Å². The second-order valence-corrected chi connectivity index (χ2v) is 6.72. The van der Waals surface area contributed by atoms with Crippen molar-refractivity contribution in [2.75, 3.05) is 0 Å². The van der Waals surface area contributed by atoms with E-state index >= 15 is 0 Å². The van der Waals surface area contributed by atoms with Crippen LogP contribution in [0.15, 0.2) is 71.4 Å². The Kier molecular flexibility index (Phi) is 4.90. The second kappa shape index (κ2) is 6.70. The number of aliphatic carboxylic acids is 1. The molecule has 1 unspecified atom stereocenters. The number of sulfone groups is 1. The van der Waals surface area contributed by atoms with Crippen molar-refractivity contribution < 1.29 is 27.1 Å². The minimum absolute atomic E-state index is 0.202. The Bertz CT molecular complexity index is 828. The van der Waals surface area contributed by atoms with Crippen LogP contribution in [-0.2, 0) is 14.6 Å². The summed E-state index contributed by atoms with van der Waals surface area (Å²) in [5, 5.41) is 7.13. The molecule has 0 spiro atoms. The number of carbonyl (C=O) groups is 1. The van der Waals surface area contributed by atoms with Gasteiger partial charge in [0.05, 0.1) is 4.90 Å². The molecular formula is C16H12F2O4S. The summed E-state index contributed by atoms with van der Waals surface area (Å²) in [5.41, 5.74) is 0.202. The topological polar surface area (TPSA) is 71.4 Å². The van der Waals surface area contributed by atoms with Crippen LogP contribution in [0.5, 0.6) is 0 Å². The molecule has 7 heteroatoms. The average molecular weight is 338 g/mol. The molecule has 4 nitrogen and oxygen atoms in total. The lowest BCUT2D eigenvalue weighted by molar-refractivity contribution is -0.134. The van der Waals surface area contributed by atoms with Gasteiger partial charge in [0.1, 0.15) is 11.1 Å². The highest BCUT2D eigenvalue weighted by molar-refractivity contribution is 7.91. The van der Waals surface area contributed by atoms with Crippen LogP contribution in [0.4, 0.5) is 8.78 Å². The van der Waals surface area contributed by atoms with E-state index in [0.717, 1.165) is 24.3 Å². The fraction of sp³-hybridized carbons (Fsp3) is 0.0625. The number of benzene rings is 2. The average Bonchev–Trinajstić information content (AvgIpc) is 2.53. The summed E-state index contributed by atoms with van der Waals surface area (Å²) in [5.74, 6) is -4.06. The smallest absolute Gasteiger partial charge is 0.364 e. The molecule has 0 saturated carbocycles. The lowest BCUT2D eigenvalue weighted by Crippen LogP contribution is -2.13. The lowest BCUT2D eigenvalue weighted by Gasteiger charge is -2.15. The van der Waals surface area contributed by atoms with E-state index in [4.69, 9.17) is 5.11 Å². The van der Waals surface area contributed by atoms with Gasteiger partial charge in [-0.1, -0.05) is 30.3 Å². The van der Waals surface area contributed by atoms with Crippen molar-refractivity contribution in [3.05, 3.63) is 77.9 Å². The Balaban J connectivity index is 2.59. The van der Waals surface area contributed by atoms with Crippen molar-refractivity contribution in [3.8, 4) is 0 Å². The molecule has 0 fully saturated rings. The van der Waals surface area contributed by atoms with Crippen molar-refractivity contribution in [1.29, 1.82) is 0 Å². The lowest BCUT2D eigenvalue weighted by atomic mass is 10.1. The van der Waals surface area contributed by atoms with Gasteiger partial charge in [0.25, 0.3) is 0 Å². The zero-order valence-electron chi connectivity index (χ0n) is 11.7. The van der Waals surface area contributed by atoms with Crippen LogP contribution in [0.3, 0.4) is 0 Å². The monoisotopic (exact) mass is 338 g/mol. The molecule has 1 atom stereocenters. The van der Waals surface area contributed by atoms with E-state index in [1.54, 1.807) is 18.2 Å². The second-order valence-electron chi connectivity index (χ2n) is 4.65. The molecule has 0 aromatic heterocycles. The summed E-state index contributed by atoms with van der Waals surface area (Å²) in [7, 11) is -4.15. The van der Waals surface area contributed by atoms with Crippen molar-refractivity contribution >= 4 is 15.8 Å². The molecule has 1 N–H and O–H groups in total. The molecular weight excluding hydrogens is 326 g/mol. The minimum Gasteiger partial charge on any atom is -0.476 e. The van der Waals surface area contributed by atoms with Gasteiger partial charge in [-0.25, -0.2) is 17.6 Å². The maximum absolute atomic E-state index is 13.5. The molecule has 0 heterocycles. The van der Waals surface area contributed by atoms with Gasteiger partial charge in [-0.15, -0.1) is 0 Å². The van der Waals surface area contributed by atoms with Crippen molar-refractivity contribution in [2.24, 2.45) is 0 Å². The Morgan fingerprint density at radius 3 is 2.13 bits per heavy atom. The van der Waals surface area contributed by atoms with Crippen LogP contribution >= 0.6 is 0 Å². The molecule has 0 radical (unpaired) electrons. The van der Waals surface area contributed by atoms with Crippen molar-refractivity contribution in [3.63, 3.8) is 0 Å². The summed E-state index contributed by atoms with van der Waals surface area (Å²) in [6.07, 6.45) is 0.524. The molecule has 0 aliphatic heterocycles. The van der Waals surface area contributed by atoms with E-state index < -0.39 is 32.7 Å². The van der Waals surface area contributed by atoms with Crippen LogP contribution < -0.4 is 0 Å². The zero-order valence-corrected chi connectivity index (χ0v) is 12.5. The van der Waals surface area contributed by atoms with Gasteiger partial charge in [0, 0.05) is 0 Å². The summed E-state index contributed by atoms with van der Waals surface area (Å²) in [6.45, 7) is 0. The van der Waals surface area contributed by atoms with Gasteiger partial charge in [0.2, 0.25) is 5.83 Å². The molecule has 0 aliphatic rings. The molecule has 0 bridgehead atoms. The number of carboxylic acid groups (broad SMARTS) is 1. The fourth-order valence-corrected chi connectivity index (χ4v) is 3.61. The quantitative estimate of drug-likeness (QED) is 0.671. The summed E-state index contributed by atoms with van der Waals surface area (Å²) >= 11 is 0. The SMILES string of the molecule is O=C(O)/C(F)=C/C(c1ccccc1)S(=O)(=O)c1ccc(F)cc1. The van der Waals surface area contributed by atoms with Gasteiger partial charge < -0.3 is 5.11 Å². The molecule has 2 rings (SSSR count). The van der Waals surface area contributed by atoms with E-state index in [9.17, 15) is 22.0 Å². The fourth-order valence-electron chi connectivity index (χ4n) is 1.98. The van der Waals surface area contributed by atoms with Crippen LogP contribution in [0, 0.1) is 5.82 Å². The van der Waals surface area contributed by atoms with Crippen LogP contribution in [-0.4, -0.2) is 19.5 Å². The Morgan fingerprint density at radius 2 is 1.61 bits per heavy atom. The number of hydrogen-bond donors (Lipinski definition) is 1. The van der Waals surface area contributed by atoms with Gasteiger partial charge >= 0.3 is 5.97 Å². The van der Waals surface area contributed by atoms with Gasteiger partial charge in [-0.3, -0.25) is 0 Å².